The van der Waals surface area contributed by atoms with Crippen LogP contribution in [0, 0.1) is 0 Å². The summed E-state index contributed by atoms with van der Waals surface area (Å²) in [4.78, 5) is 11.3. The number of aromatic nitrogens is 3. The lowest BCUT2D eigenvalue weighted by Crippen LogP contribution is -2.50. The molecule has 0 aliphatic heterocycles. The van der Waals surface area contributed by atoms with Gasteiger partial charge in [-0.3, -0.25) is 9.20 Å². The molecular weight excluding hydrogens is 262 g/mol. The Balaban J connectivity index is 1.78. The Kier molecular flexibility index (Phi) is 2.94. The molecule has 2 aromatic heterocycles. The first kappa shape index (κ1) is 12.4. The summed E-state index contributed by atoms with van der Waals surface area (Å²) in [5.41, 5.74) is 11.3. The van der Waals surface area contributed by atoms with E-state index in [9.17, 15) is 4.79 Å². The molecule has 0 bridgehead atoms. The van der Waals surface area contributed by atoms with E-state index in [4.69, 9.17) is 11.5 Å². The van der Waals surface area contributed by atoms with Crippen molar-refractivity contribution in [1.29, 1.82) is 0 Å². The van der Waals surface area contributed by atoms with Crippen molar-refractivity contribution in [3.05, 3.63) is 24.4 Å². The molecule has 6 nitrogen and oxygen atoms in total. The molecule has 1 aliphatic carbocycles. The van der Waals surface area contributed by atoms with E-state index >= 15 is 0 Å². The summed E-state index contributed by atoms with van der Waals surface area (Å²) >= 11 is 1.61. The molecule has 4 N–H and O–H groups in total. The summed E-state index contributed by atoms with van der Waals surface area (Å²) in [5, 5.41) is 9.35. The van der Waals surface area contributed by atoms with Crippen molar-refractivity contribution in [3.8, 4) is 0 Å². The number of hydrogen-bond donors (Lipinski definition) is 2. The zero-order valence-corrected chi connectivity index (χ0v) is 11.1. The maximum atomic E-state index is 11.3. The quantitative estimate of drug-likeness (QED) is 0.853. The maximum absolute atomic E-state index is 11.3. The summed E-state index contributed by atoms with van der Waals surface area (Å²) in [6, 6.07) is 5.76. The molecule has 2 heterocycles. The average molecular weight is 277 g/mol. The fourth-order valence-electron chi connectivity index (χ4n) is 2.40. The van der Waals surface area contributed by atoms with Crippen LogP contribution in [0.2, 0.25) is 0 Å². The second kappa shape index (κ2) is 4.50. The van der Waals surface area contributed by atoms with Crippen LogP contribution in [0.25, 0.3) is 5.65 Å². The van der Waals surface area contributed by atoms with Gasteiger partial charge >= 0.3 is 0 Å². The number of primary amides is 1. The Labute approximate surface area is 114 Å². The molecule has 2 atom stereocenters. The van der Waals surface area contributed by atoms with E-state index < -0.39 is 11.4 Å². The van der Waals surface area contributed by atoms with Gasteiger partial charge in [0.25, 0.3) is 0 Å². The van der Waals surface area contributed by atoms with Crippen molar-refractivity contribution in [2.24, 2.45) is 11.5 Å². The molecule has 2 unspecified atom stereocenters. The predicted molar refractivity (Wildman–Crippen MR) is 72.6 cm³/mol. The van der Waals surface area contributed by atoms with Gasteiger partial charge < -0.3 is 11.5 Å². The minimum atomic E-state index is -0.863. The van der Waals surface area contributed by atoms with Crippen LogP contribution in [-0.2, 0) is 4.79 Å². The highest BCUT2D eigenvalue weighted by Gasteiger charge is 2.41. The van der Waals surface area contributed by atoms with Crippen LogP contribution in [0.3, 0.4) is 0 Å². The second-order valence-corrected chi connectivity index (χ2v) is 6.18. The molecular formula is C12H15N5OS. The molecule has 1 fully saturated rings. The molecule has 0 radical (unpaired) electrons. The van der Waals surface area contributed by atoms with Gasteiger partial charge in [-0.05, 0) is 31.4 Å². The normalized spacial score (nSPS) is 26.9. The summed E-state index contributed by atoms with van der Waals surface area (Å²) in [6.07, 6.45) is 4.02. The van der Waals surface area contributed by atoms with E-state index in [0.717, 1.165) is 17.2 Å². The first-order chi connectivity index (χ1) is 9.08. The zero-order chi connectivity index (χ0) is 13.5. The van der Waals surface area contributed by atoms with Crippen molar-refractivity contribution < 1.29 is 4.79 Å². The number of thioether (sulfide) groups is 1. The highest BCUT2D eigenvalue weighted by Crippen LogP contribution is 2.38. The van der Waals surface area contributed by atoms with Crippen LogP contribution in [0.5, 0.6) is 0 Å². The van der Waals surface area contributed by atoms with E-state index in [-0.39, 0.29) is 5.25 Å². The van der Waals surface area contributed by atoms with Crippen molar-refractivity contribution in [1.82, 2.24) is 14.6 Å². The molecule has 3 rings (SSSR count). The number of hydrogen-bond acceptors (Lipinski definition) is 5. The molecule has 100 valence electrons. The van der Waals surface area contributed by atoms with Crippen molar-refractivity contribution in [2.75, 3.05) is 0 Å². The molecule has 1 aliphatic rings. The van der Waals surface area contributed by atoms with Crippen molar-refractivity contribution in [3.63, 3.8) is 0 Å². The summed E-state index contributed by atoms with van der Waals surface area (Å²) < 4.78 is 1.94. The van der Waals surface area contributed by atoms with Gasteiger partial charge in [0.05, 0.1) is 5.54 Å². The van der Waals surface area contributed by atoms with E-state index in [1.807, 2.05) is 28.8 Å². The largest absolute Gasteiger partial charge is 0.368 e. The number of fused-ring (bicyclic) bond motifs is 1. The van der Waals surface area contributed by atoms with E-state index in [1.54, 1.807) is 11.8 Å². The third-order valence-electron chi connectivity index (χ3n) is 3.55. The minimum Gasteiger partial charge on any atom is -0.368 e. The molecule has 7 heteroatoms. The average Bonchev–Trinajstić information content (AvgIpc) is 2.96. The third kappa shape index (κ3) is 2.19. The Bertz CT molecular complexity index is 627. The van der Waals surface area contributed by atoms with E-state index in [0.29, 0.717) is 12.8 Å². The molecule has 19 heavy (non-hydrogen) atoms. The monoisotopic (exact) mass is 277 g/mol. The topological polar surface area (TPSA) is 99.3 Å². The molecule has 1 amide bonds. The molecule has 0 saturated heterocycles. The third-order valence-corrected chi connectivity index (χ3v) is 4.77. The standard InChI is InChI=1S/C12H15N5OS/c13-10(18)12(14)5-4-8(7-12)19-11-16-15-9-3-1-2-6-17(9)11/h1-3,6,8H,4-5,7,14H2,(H2,13,18). The Hall–Kier alpha value is -1.60. The van der Waals surface area contributed by atoms with Gasteiger partial charge in [0.2, 0.25) is 5.91 Å². The number of amides is 1. The molecule has 0 aromatic carbocycles. The maximum Gasteiger partial charge on any atom is 0.237 e. The van der Waals surface area contributed by atoms with Crippen molar-refractivity contribution >= 4 is 23.3 Å². The Morgan fingerprint density at radius 3 is 3.05 bits per heavy atom. The lowest BCUT2D eigenvalue weighted by molar-refractivity contribution is -0.122. The number of rotatable bonds is 3. The summed E-state index contributed by atoms with van der Waals surface area (Å²) in [6.45, 7) is 0. The number of pyridine rings is 1. The van der Waals surface area contributed by atoms with Gasteiger partial charge in [-0.25, -0.2) is 0 Å². The number of carbonyl (C=O) groups excluding carboxylic acids is 1. The predicted octanol–water partition coefficient (Wildman–Crippen LogP) is 0.557. The van der Waals surface area contributed by atoms with Gasteiger partial charge in [-0.1, -0.05) is 17.8 Å². The SMILES string of the molecule is NC(=O)C1(N)CCC(Sc2nnc3ccccn23)C1. The highest BCUT2D eigenvalue weighted by atomic mass is 32.2. The van der Waals surface area contributed by atoms with Crippen LogP contribution >= 0.6 is 11.8 Å². The van der Waals surface area contributed by atoms with Crippen LogP contribution in [-0.4, -0.2) is 31.3 Å². The lowest BCUT2D eigenvalue weighted by atomic mass is 9.99. The second-order valence-electron chi connectivity index (χ2n) is 4.91. The number of nitrogens with two attached hydrogens (primary N) is 2. The van der Waals surface area contributed by atoms with Crippen molar-refractivity contribution in [2.45, 2.75) is 35.2 Å². The fourth-order valence-corrected chi connectivity index (χ4v) is 3.67. The molecule has 0 spiro atoms. The highest BCUT2D eigenvalue weighted by molar-refractivity contribution is 7.99. The number of carbonyl (C=O) groups is 1. The first-order valence-corrected chi connectivity index (χ1v) is 7.02. The van der Waals surface area contributed by atoms with Crippen LogP contribution in [0.4, 0.5) is 0 Å². The van der Waals surface area contributed by atoms with Gasteiger partial charge in [0.1, 0.15) is 0 Å². The zero-order valence-electron chi connectivity index (χ0n) is 10.3. The van der Waals surface area contributed by atoms with E-state index in [1.165, 1.54) is 0 Å². The van der Waals surface area contributed by atoms with Gasteiger partial charge in [0, 0.05) is 11.4 Å². The van der Waals surface area contributed by atoms with Crippen LogP contribution in [0.1, 0.15) is 19.3 Å². The molecule has 1 saturated carbocycles. The Morgan fingerprint density at radius 2 is 2.32 bits per heavy atom. The van der Waals surface area contributed by atoms with E-state index in [2.05, 4.69) is 10.2 Å². The smallest absolute Gasteiger partial charge is 0.237 e. The fraction of sp³-hybridized carbons (Fsp3) is 0.417. The van der Waals surface area contributed by atoms with Crippen LogP contribution in [0.15, 0.2) is 29.6 Å². The Morgan fingerprint density at radius 1 is 1.47 bits per heavy atom. The van der Waals surface area contributed by atoms with Gasteiger partial charge in [0.15, 0.2) is 10.8 Å². The minimum absolute atomic E-state index is 0.255. The summed E-state index contributed by atoms with van der Waals surface area (Å²) in [5.74, 6) is -0.415. The van der Waals surface area contributed by atoms with Crippen LogP contribution < -0.4 is 11.5 Å². The lowest BCUT2D eigenvalue weighted by Gasteiger charge is -2.18. The van der Waals surface area contributed by atoms with Gasteiger partial charge in [-0.15, -0.1) is 10.2 Å². The molecule has 2 aromatic rings. The first-order valence-electron chi connectivity index (χ1n) is 6.14. The van der Waals surface area contributed by atoms with Gasteiger partial charge in [-0.2, -0.15) is 0 Å². The summed E-state index contributed by atoms with van der Waals surface area (Å²) in [7, 11) is 0. The number of nitrogens with zero attached hydrogens (tertiary/aromatic N) is 3.